The van der Waals surface area contributed by atoms with Crippen molar-refractivity contribution >= 4 is 38.1 Å². The predicted molar refractivity (Wildman–Crippen MR) is 92.4 cm³/mol. The number of fused-ring (bicyclic) bond motifs is 1. The molecule has 0 spiro atoms. The highest BCUT2D eigenvalue weighted by molar-refractivity contribution is 7.92. The van der Waals surface area contributed by atoms with Crippen molar-refractivity contribution in [3.05, 3.63) is 52.8 Å². The van der Waals surface area contributed by atoms with Crippen LogP contribution in [0.25, 0.3) is 10.8 Å². The molecule has 1 aromatic heterocycles. The number of nitrogens with one attached hydrogen (secondary N) is 1. The van der Waals surface area contributed by atoms with Crippen molar-refractivity contribution in [1.82, 2.24) is 9.78 Å². The van der Waals surface area contributed by atoms with Crippen LogP contribution in [0.2, 0.25) is 5.02 Å². The highest BCUT2D eigenvalue weighted by atomic mass is 35.5. The molecule has 0 radical (unpaired) electrons. The Morgan fingerprint density at radius 1 is 1.13 bits per heavy atom. The highest BCUT2D eigenvalue weighted by Gasteiger charge is 2.22. The smallest absolute Gasteiger partial charge is 0.263 e. The van der Waals surface area contributed by atoms with Crippen LogP contribution in [0.4, 0.5) is 5.69 Å². The summed E-state index contributed by atoms with van der Waals surface area (Å²) < 4.78 is 29.7. The molecule has 1 heterocycles. The molecule has 5 nitrogen and oxygen atoms in total. The average molecular weight is 350 g/mol. The number of rotatable bonds is 3. The van der Waals surface area contributed by atoms with Gasteiger partial charge in [-0.25, -0.2) is 8.42 Å². The summed E-state index contributed by atoms with van der Waals surface area (Å²) in [4.78, 5) is 0.0560. The van der Waals surface area contributed by atoms with E-state index in [1.54, 1.807) is 37.7 Å². The second kappa shape index (κ2) is 5.54. The van der Waals surface area contributed by atoms with E-state index in [1.807, 2.05) is 24.3 Å². The lowest BCUT2D eigenvalue weighted by molar-refractivity contribution is 0.601. The normalized spacial score (nSPS) is 11.8. The number of hydrogen-bond donors (Lipinski definition) is 1. The summed E-state index contributed by atoms with van der Waals surface area (Å²) in [6.45, 7) is 3.56. The van der Waals surface area contributed by atoms with Crippen LogP contribution in [0, 0.1) is 13.8 Å². The van der Waals surface area contributed by atoms with Gasteiger partial charge in [-0.15, -0.1) is 0 Å². The number of hydrogen-bond acceptors (Lipinski definition) is 3. The van der Waals surface area contributed by atoms with Gasteiger partial charge in [-0.2, -0.15) is 5.10 Å². The topological polar surface area (TPSA) is 64.0 Å². The number of benzene rings is 2. The zero-order chi connectivity index (χ0) is 16.8. The number of halogens is 1. The first-order valence-electron chi connectivity index (χ1n) is 7.01. The maximum absolute atomic E-state index is 12.7. The maximum Gasteiger partial charge on any atom is 0.263 e. The quantitative estimate of drug-likeness (QED) is 0.785. The lowest BCUT2D eigenvalue weighted by atomic mass is 10.1. The van der Waals surface area contributed by atoms with Crippen LogP contribution in [0.15, 0.2) is 41.3 Å². The second-order valence-corrected chi connectivity index (χ2v) is 7.46. The van der Waals surface area contributed by atoms with Gasteiger partial charge in [-0.1, -0.05) is 35.9 Å². The van der Waals surface area contributed by atoms with Crippen molar-refractivity contribution in [2.45, 2.75) is 18.7 Å². The van der Waals surface area contributed by atoms with Crippen LogP contribution in [0.1, 0.15) is 11.4 Å². The molecule has 3 rings (SSSR count). The molecule has 0 fully saturated rings. The van der Waals surface area contributed by atoms with Crippen molar-refractivity contribution in [3.63, 3.8) is 0 Å². The maximum atomic E-state index is 12.7. The van der Waals surface area contributed by atoms with E-state index >= 15 is 0 Å². The van der Waals surface area contributed by atoms with Crippen molar-refractivity contribution in [3.8, 4) is 0 Å². The number of aromatic nitrogens is 2. The molecule has 0 unspecified atom stereocenters. The van der Waals surface area contributed by atoms with E-state index in [2.05, 4.69) is 9.82 Å². The molecular weight excluding hydrogens is 334 g/mol. The zero-order valence-electron chi connectivity index (χ0n) is 13.0. The average Bonchev–Trinajstić information content (AvgIpc) is 2.72. The molecule has 0 saturated heterocycles. The molecule has 7 heteroatoms. The van der Waals surface area contributed by atoms with Crippen LogP contribution in [-0.4, -0.2) is 18.2 Å². The molecule has 1 N–H and O–H groups in total. The number of nitrogens with zero attached hydrogens (tertiary/aromatic N) is 2. The Bertz CT molecular complexity index is 1010. The summed E-state index contributed by atoms with van der Waals surface area (Å²) in [6, 6.07) is 10.7. The SMILES string of the molecule is Cc1nn(C)c(C)c1NS(=O)(=O)c1cc2ccccc2cc1Cl. The van der Waals surface area contributed by atoms with E-state index in [0.29, 0.717) is 11.4 Å². The minimum absolute atomic E-state index is 0.0560. The largest absolute Gasteiger partial charge is 0.276 e. The third-order valence-electron chi connectivity index (χ3n) is 3.84. The first kappa shape index (κ1) is 15.8. The Hall–Kier alpha value is -2.05. The molecule has 3 aromatic rings. The first-order valence-corrected chi connectivity index (χ1v) is 8.87. The van der Waals surface area contributed by atoms with E-state index in [0.717, 1.165) is 16.5 Å². The molecule has 0 atom stereocenters. The lowest BCUT2D eigenvalue weighted by Crippen LogP contribution is -2.14. The van der Waals surface area contributed by atoms with Gasteiger partial charge in [0.15, 0.2) is 0 Å². The summed E-state index contributed by atoms with van der Waals surface area (Å²) >= 11 is 6.20. The van der Waals surface area contributed by atoms with E-state index in [1.165, 1.54) is 0 Å². The van der Waals surface area contributed by atoms with Crippen molar-refractivity contribution in [2.75, 3.05) is 4.72 Å². The Morgan fingerprint density at radius 3 is 2.30 bits per heavy atom. The number of sulfonamides is 1. The summed E-state index contributed by atoms with van der Waals surface area (Å²) in [5, 5.41) is 6.12. The second-order valence-electron chi connectivity index (χ2n) is 5.40. The molecule has 0 bridgehead atoms. The van der Waals surface area contributed by atoms with Gasteiger partial charge in [0.2, 0.25) is 0 Å². The van der Waals surface area contributed by atoms with Gasteiger partial charge in [0.25, 0.3) is 10.0 Å². The van der Waals surface area contributed by atoms with Gasteiger partial charge in [-0.3, -0.25) is 9.40 Å². The molecule has 0 saturated carbocycles. The summed E-state index contributed by atoms with van der Waals surface area (Å²) in [5.74, 6) is 0. The number of aryl methyl sites for hydroxylation is 2. The van der Waals surface area contributed by atoms with E-state index in [4.69, 9.17) is 11.6 Å². The summed E-state index contributed by atoms with van der Waals surface area (Å²) in [5.41, 5.74) is 1.84. The zero-order valence-corrected chi connectivity index (χ0v) is 14.5. The lowest BCUT2D eigenvalue weighted by Gasteiger charge is -2.11. The monoisotopic (exact) mass is 349 g/mol. The fourth-order valence-electron chi connectivity index (χ4n) is 2.51. The molecular formula is C16H16ClN3O2S. The Kier molecular flexibility index (Phi) is 3.82. The minimum atomic E-state index is -3.80. The molecule has 2 aromatic carbocycles. The fourth-order valence-corrected chi connectivity index (χ4v) is 4.26. The molecule has 23 heavy (non-hydrogen) atoms. The molecule has 120 valence electrons. The highest BCUT2D eigenvalue weighted by Crippen LogP contribution is 2.30. The van der Waals surface area contributed by atoms with E-state index in [9.17, 15) is 8.42 Å². The fraction of sp³-hybridized carbons (Fsp3) is 0.188. The Labute approximate surface area is 139 Å². The van der Waals surface area contributed by atoms with Gasteiger partial charge in [0.1, 0.15) is 4.90 Å². The van der Waals surface area contributed by atoms with Gasteiger partial charge in [-0.05, 0) is 36.8 Å². The summed E-state index contributed by atoms with van der Waals surface area (Å²) in [7, 11) is -2.04. The van der Waals surface area contributed by atoms with Crippen molar-refractivity contribution in [1.29, 1.82) is 0 Å². The molecule has 0 aliphatic heterocycles. The molecule has 0 amide bonds. The summed E-state index contributed by atoms with van der Waals surface area (Å²) in [6.07, 6.45) is 0. The van der Waals surface area contributed by atoms with E-state index < -0.39 is 10.0 Å². The Morgan fingerprint density at radius 2 is 1.74 bits per heavy atom. The number of anilines is 1. The predicted octanol–water partition coefficient (Wildman–Crippen LogP) is 3.64. The van der Waals surface area contributed by atoms with Gasteiger partial charge in [0.05, 0.1) is 22.1 Å². The van der Waals surface area contributed by atoms with Crippen LogP contribution >= 0.6 is 11.6 Å². The van der Waals surface area contributed by atoms with Gasteiger partial charge in [0, 0.05) is 7.05 Å². The molecule has 0 aliphatic carbocycles. The Balaban J connectivity index is 2.11. The van der Waals surface area contributed by atoms with Crippen LogP contribution in [-0.2, 0) is 17.1 Å². The third-order valence-corrected chi connectivity index (χ3v) is 5.65. The van der Waals surface area contributed by atoms with Crippen LogP contribution in [0.3, 0.4) is 0 Å². The van der Waals surface area contributed by atoms with Crippen LogP contribution < -0.4 is 4.72 Å². The van der Waals surface area contributed by atoms with E-state index in [-0.39, 0.29) is 9.92 Å². The molecule has 0 aliphatic rings. The van der Waals surface area contributed by atoms with Gasteiger partial charge < -0.3 is 0 Å². The van der Waals surface area contributed by atoms with Crippen molar-refractivity contribution in [2.24, 2.45) is 7.05 Å². The van der Waals surface area contributed by atoms with Crippen LogP contribution in [0.5, 0.6) is 0 Å². The first-order chi connectivity index (χ1) is 10.8. The van der Waals surface area contributed by atoms with Gasteiger partial charge >= 0.3 is 0 Å². The minimum Gasteiger partial charge on any atom is -0.276 e. The van der Waals surface area contributed by atoms with Crippen molar-refractivity contribution < 1.29 is 8.42 Å². The third kappa shape index (κ3) is 2.80. The standard InChI is InChI=1S/C16H16ClN3O2S/c1-10-16(11(2)20(3)18-10)19-23(21,22)15-9-13-7-5-4-6-12(13)8-14(15)17/h4-9,19H,1-3H3.